The Hall–Kier alpha value is -0.780. The van der Waals surface area contributed by atoms with E-state index < -0.39 is 0 Å². The van der Waals surface area contributed by atoms with Gasteiger partial charge in [-0.1, -0.05) is 0 Å². The molecular weight excluding hydrogens is 334 g/mol. The van der Waals surface area contributed by atoms with Gasteiger partial charge in [0, 0.05) is 18.1 Å². The van der Waals surface area contributed by atoms with Gasteiger partial charge < -0.3 is 14.8 Å². The number of nitrogens with one attached hydrogen (secondary N) is 1. The molecule has 1 N–H and O–H groups in total. The first-order valence-electron chi connectivity index (χ1n) is 5.83. The van der Waals surface area contributed by atoms with Crippen LogP contribution in [0.15, 0.2) is 22.7 Å². The van der Waals surface area contributed by atoms with Gasteiger partial charge in [-0.05, 0) is 40.5 Å². The standard InChI is InChI=1S/C13H17BrClNO3/c1-18-8-9(15)5-6-16-13(17)11-7-10(19-2)3-4-12(11)14/h3-4,7,9H,5-6,8H2,1-2H3,(H,16,17). The van der Waals surface area contributed by atoms with Crippen molar-refractivity contribution >= 4 is 33.4 Å². The van der Waals surface area contributed by atoms with E-state index in [0.717, 1.165) is 4.47 Å². The molecule has 19 heavy (non-hydrogen) atoms. The molecule has 1 unspecified atom stereocenters. The SMILES string of the molecule is COCC(Cl)CCNC(=O)c1cc(OC)ccc1Br. The Balaban J connectivity index is 2.53. The Kier molecular flexibility index (Phi) is 7.20. The number of alkyl halides is 1. The zero-order valence-corrected chi connectivity index (χ0v) is 13.3. The van der Waals surface area contributed by atoms with Crippen molar-refractivity contribution in [3.05, 3.63) is 28.2 Å². The molecule has 1 atom stereocenters. The zero-order chi connectivity index (χ0) is 14.3. The summed E-state index contributed by atoms with van der Waals surface area (Å²) in [6, 6.07) is 5.25. The predicted molar refractivity (Wildman–Crippen MR) is 79.2 cm³/mol. The van der Waals surface area contributed by atoms with Crippen molar-refractivity contribution in [3.8, 4) is 5.75 Å². The minimum atomic E-state index is -0.160. The molecular formula is C13H17BrClNO3. The first kappa shape index (κ1) is 16.3. The van der Waals surface area contributed by atoms with Gasteiger partial charge in [0.1, 0.15) is 5.75 Å². The molecule has 1 aromatic rings. The highest BCUT2D eigenvalue weighted by molar-refractivity contribution is 9.10. The van der Waals surface area contributed by atoms with Gasteiger partial charge in [-0.25, -0.2) is 0 Å². The van der Waals surface area contributed by atoms with E-state index in [9.17, 15) is 4.79 Å². The van der Waals surface area contributed by atoms with Gasteiger partial charge in [-0.3, -0.25) is 4.79 Å². The number of hydrogen-bond acceptors (Lipinski definition) is 3. The van der Waals surface area contributed by atoms with Crippen LogP contribution in [0.1, 0.15) is 16.8 Å². The lowest BCUT2D eigenvalue weighted by molar-refractivity contribution is 0.0950. The minimum Gasteiger partial charge on any atom is -0.497 e. The first-order chi connectivity index (χ1) is 9.08. The molecule has 1 aromatic carbocycles. The minimum absolute atomic E-state index is 0.0981. The Bertz CT molecular complexity index is 428. The van der Waals surface area contributed by atoms with E-state index >= 15 is 0 Å². The normalized spacial score (nSPS) is 12.0. The Labute approximate surface area is 126 Å². The average molecular weight is 351 g/mol. The molecule has 106 valence electrons. The van der Waals surface area contributed by atoms with Crippen molar-refractivity contribution in [2.24, 2.45) is 0 Å². The molecule has 6 heteroatoms. The van der Waals surface area contributed by atoms with Crippen LogP contribution in [-0.4, -0.2) is 38.7 Å². The van der Waals surface area contributed by atoms with E-state index in [1.165, 1.54) is 0 Å². The molecule has 0 saturated carbocycles. The molecule has 1 rings (SSSR count). The Morgan fingerprint density at radius 1 is 1.47 bits per heavy atom. The van der Waals surface area contributed by atoms with Crippen LogP contribution in [0.3, 0.4) is 0 Å². The van der Waals surface area contributed by atoms with Gasteiger partial charge in [0.25, 0.3) is 5.91 Å². The zero-order valence-electron chi connectivity index (χ0n) is 10.9. The van der Waals surface area contributed by atoms with Gasteiger partial charge in [-0.2, -0.15) is 0 Å². The molecule has 0 saturated heterocycles. The smallest absolute Gasteiger partial charge is 0.252 e. The average Bonchev–Trinajstić information content (AvgIpc) is 2.39. The van der Waals surface area contributed by atoms with Crippen molar-refractivity contribution in [1.29, 1.82) is 0 Å². The number of rotatable bonds is 7. The maximum absolute atomic E-state index is 12.0. The largest absolute Gasteiger partial charge is 0.497 e. The van der Waals surface area contributed by atoms with Gasteiger partial charge in [0.2, 0.25) is 0 Å². The quantitative estimate of drug-likeness (QED) is 0.769. The van der Waals surface area contributed by atoms with Crippen LogP contribution in [0.2, 0.25) is 0 Å². The summed E-state index contributed by atoms with van der Waals surface area (Å²) in [4.78, 5) is 12.0. The Morgan fingerprint density at radius 2 is 2.21 bits per heavy atom. The third-order valence-electron chi connectivity index (χ3n) is 2.51. The first-order valence-corrected chi connectivity index (χ1v) is 7.06. The van der Waals surface area contributed by atoms with E-state index in [0.29, 0.717) is 30.9 Å². The van der Waals surface area contributed by atoms with Crippen LogP contribution >= 0.6 is 27.5 Å². The van der Waals surface area contributed by atoms with Crippen LogP contribution < -0.4 is 10.1 Å². The number of hydrogen-bond donors (Lipinski definition) is 1. The number of methoxy groups -OCH3 is 2. The summed E-state index contributed by atoms with van der Waals surface area (Å²) in [7, 11) is 3.16. The maximum Gasteiger partial charge on any atom is 0.252 e. The summed E-state index contributed by atoms with van der Waals surface area (Å²) in [5.41, 5.74) is 0.539. The fourth-order valence-corrected chi connectivity index (χ4v) is 2.17. The Morgan fingerprint density at radius 3 is 2.84 bits per heavy atom. The summed E-state index contributed by atoms with van der Waals surface area (Å²) in [6.07, 6.45) is 0.655. The molecule has 0 aromatic heterocycles. The van der Waals surface area contributed by atoms with Crippen LogP contribution in [0.5, 0.6) is 5.75 Å². The van der Waals surface area contributed by atoms with E-state index in [1.807, 2.05) is 0 Å². The van der Waals surface area contributed by atoms with Crippen LogP contribution in [0, 0.1) is 0 Å². The number of carbonyl (C=O) groups is 1. The van der Waals surface area contributed by atoms with E-state index in [4.69, 9.17) is 21.1 Å². The lowest BCUT2D eigenvalue weighted by Gasteiger charge is -2.10. The van der Waals surface area contributed by atoms with E-state index in [-0.39, 0.29) is 11.3 Å². The molecule has 0 aliphatic carbocycles. The number of benzene rings is 1. The number of carbonyl (C=O) groups excluding carboxylic acids is 1. The van der Waals surface area contributed by atoms with Crippen LogP contribution in [-0.2, 0) is 4.74 Å². The molecule has 0 aliphatic rings. The van der Waals surface area contributed by atoms with E-state index in [2.05, 4.69) is 21.2 Å². The van der Waals surface area contributed by atoms with Gasteiger partial charge in [0.15, 0.2) is 0 Å². The summed E-state index contributed by atoms with van der Waals surface area (Å²) in [6.45, 7) is 0.973. The van der Waals surface area contributed by atoms with Crippen molar-refractivity contribution in [3.63, 3.8) is 0 Å². The molecule has 0 spiro atoms. The monoisotopic (exact) mass is 349 g/mol. The molecule has 0 radical (unpaired) electrons. The lowest BCUT2D eigenvalue weighted by atomic mass is 10.2. The maximum atomic E-state index is 12.0. The summed E-state index contributed by atoms with van der Waals surface area (Å²) in [5, 5.41) is 2.72. The second-order valence-corrected chi connectivity index (χ2v) is 5.41. The number of amides is 1. The molecule has 0 fully saturated rings. The summed E-state index contributed by atoms with van der Waals surface area (Å²) in [5.74, 6) is 0.481. The molecule has 0 bridgehead atoms. The third-order valence-corrected chi connectivity index (χ3v) is 3.54. The number of halogens is 2. The van der Waals surface area contributed by atoms with Crippen LogP contribution in [0.25, 0.3) is 0 Å². The molecule has 0 aliphatic heterocycles. The predicted octanol–water partition coefficient (Wildman–Crippen LogP) is 2.83. The van der Waals surface area contributed by atoms with Crippen molar-refractivity contribution in [2.45, 2.75) is 11.8 Å². The van der Waals surface area contributed by atoms with Gasteiger partial charge in [-0.15, -0.1) is 11.6 Å². The highest BCUT2D eigenvalue weighted by atomic mass is 79.9. The van der Waals surface area contributed by atoms with E-state index in [1.54, 1.807) is 32.4 Å². The second-order valence-electron chi connectivity index (χ2n) is 3.94. The highest BCUT2D eigenvalue weighted by Gasteiger charge is 2.12. The fourth-order valence-electron chi connectivity index (χ4n) is 1.51. The number of ether oxygens (including phenoxy) is 2. The molecule has 4 nitrogen and oxygen atoms in total. The van der Waals surface area contributed by atoms with Crippen molar-refractivity contribution < 1.29 is 14.3 Å². The van der Waals surface area contributed by atoms with Crippen molar-refractivity contribution in [1.82, 2.24) is 5.32 Å². The topological polar surface area (TPSA) is 47.6 Å². The molecule has 0 heterocycles. The van der Waals surface area contributed by atoms with Crippen molar-refractivity contribution in [2.75, 3.05) is 27.4 Å². The third kappa shape index (κ3) is 5.38. The molecule has 1 amide bonds. The lowest BCUT2D eigenvalue weighted by Crippen LogP contribution is -2.27. The second kappa shape index (κ2) is 8.40. The van der Waals surface area contributed by atoms with Crippen LogP contribution in [0.4, 0.5) is 0 Å². The summed E-state index contributed by atoms with van der Waals surface area (Å²) >= 11 is 9.33. The van der Waals surface area contributed by atoms with Gasteiger partial charge in [0.05, 0.1) is 24.7 Å². The fraction of sp³-hybridized carbons (Fsp3) is 0.462. The van der Waals surface area contributed by atoms with Gasteiger partial charge >= 0.3 is 0 Å². The highest BCUT2D eigenvalue weighted by Crippen LogP contribution is 2.22. The summed E-state index contributed by atoms with van der Waals surface area (Å²) < 4.78 is 10.7.